The van der Waals surface area contributed by atoms with E-state index in [2.05, 4.69) is 21.0 Å². The van der Waals surface area contributed by atoms with E-state index >= 15 is 0 Å². The second kappa shape index (κ2) is 3.71. The van der Waals surface area contributed by atoms with Crippen molar-refractivity contribution in [1.82, 2.24) is 19.5 Å². The number of benzene rings is 1. The Morgan fingerprint density at radius 2 is 2.24 bits per heavy atom. The number of hydrogen-bond donors (Lipinski definition) is 2. The minimum atomic E-state index is 0.442. The molecular weight excluding hydrogens is 214 g/mol. The van der Waals surface area contributed by atoms with Crippen molar-refractivity contribution in [2.45, 2.75) is 6.54 Å². The lowest BCUT2D eigenvalue weighted by Crippen LogP contribution is -2.00. The van der Waals surface area contributed by atoms with E-state index < -0.39 is 0 Å². The van der Waals surface area contributed by atoms with Gasteiger partial charge >= 0.3 is 0 Å². The molecule has 17 heavy (non-hydrogen) atoms. The van der Waals surface area contributed by atoms with Crippen LogP contribution in [0.15, 0.2) is 30.9 Å². The molecule has 0 radical (unpaired) electrons. The summed E-state index contributed by atoms with van der Waals surface area (Å²) in [6, 6.07) is 6.10. The Labute approximate surface area is 98.3 Å². The molecule has 1 aromatic carbocycles. The maximum atomic E-state index is 5.70. The van der Waals surface area contributed by atoms with Crippen LogP contribution in [0.3, 0.4) is 0 Å². The van der Waals surface area contributed by atoms with Crippen LogP contribution in [0.25, 0.3) is 22.3 Å². The summed E-state index contributed by atoms with van der Waals surface area (Å²) in [6.07, 6.45) is 3.48. The fourth-order valence-electron chi connectivity index (χ4n) is 2.08. The SMILES string of the molecule is Cn1cnc(CN)c1-c1ccc2nc[nH]c2c1. The molecule has 0 unspecified atom stereocenters. The zero-order chi connectivity index (χ0) is 11.8. The van der Waals surface area contributed by atoms with Crippen LogP contribution in [0.1, 0.15) is 5.69 Å². The van der Waals surface area contributed by atoms with Crippen molar-refractivity contribution in [3.05, 3.63) is 36.5 Å². The quantitative estimate of drug-likeness (QED) is 0.695. The highest BCUT2D eigenvalue weighted by Gasteiger charge is 2.10. The van der Waals surface area contributed by atoms with Gasteiger partial charge < -0.3 is 15.3 Å². The van der Waals surface area contributed by atoms with Gasteiger partial charge in [-0.05, 0) is 12.1 Å². The third-order valence-electron chi connectivity index (χ3n) is 2.90. The van der Waals surface area contributed by atoms with Gasteiger partial charge in [0.05, 0.1) is 35.1 Å². The van der Waals surface area contributed by atoms with Crippen molar-refractivity contribution in [2.24, 2.45) is 12.8 Å². The first-order chi connectivity index (χ1) is 8.29. The van der Waals surface area contributed by atoms with E-state index in [0.717, 1.165) is 28.0 Å². The fourth-order valence-corrected chi connectivity index (χ4v) is 2.08. The van der Waals surface area contributed by atoms with Gasteiger partial charge in [-0.2, -0.15) is 0 Å². The lowest BCUT2D eigenvalue weighted by Gasteiger charge is -2.05. The molecule has 0 saturated carbocycles. The molecule has 0 aliphatic carbocycles. The molecule has 2 aromatic heterocycles. The molecular formula is C12H13N5. The molecule has 86 valence electrons. The van der Waals surface area contributed by atoms with E-state index in [-0.39, 0.29) is 0 Å². The predicted octanol–water partition coefficient (Wildman–Crippen LogP) is 1.42. The lowest BCUT2D eigenvalue weighted by atomic mass is 10.1. The zero-order valence-corrected chi connectivity index (χ0v) is 9.51. The van der Waals surface area contributed by atoms with Gasteiger partial charge in [-0.25, -0.2) is 9.97 Å². The van der Waals surface area contributed by atoms with Crippen molar-refractivity contribution >= 4 is 11.0 Å². The van der Waals surface area contributed by atoms with E-state index in [1.807, 2.05) is 23.7 Å². The van der Waals surface area contributed by atoms with E-state index in [1.165, 1.54) is 0 Å². The summed E-state index contributed by atoms with van der Waals surface area (Å²) in [5.74, 6) is 0. The third-order valence-corrected chi connectivity index (χ3v) is 2.90. The summed E-state index contributed by atoms with van der Waals surface area (Å²) < 4.78 is 1.99. The van der Waals surface area contributed by atoms with Crippen LogP contribution < -0.4 is 5.73 Å². The van der Waals surface area contributed by atoms with E-state index in [9.17, 15) is 0 Å². The van der Waals surface area contributed by atoms with Crippen LogP contribution in [0, 0.1) is 0 Å². The van der Waals surface area contributed by atoms with E-state index in [1.54, 1.807) is 12.7 Å². The maximum Gasteiger partial charge on any atom is 0.0952 e. The smallest absolute Gasteiger partial charge is 0.0952 e. The van der Waals surface area contributed by atoms with Gasteiger partial charge in [-0.3, -0.25) is 0 Å². The van der Waals surface area contributed by atoms with Gasteiger partial charge in [0.1, 0.15) is 0 Å². The summed E-state index contributed by atoms with van der Waals surface area (Å²) in [7, 11) is 1.97. The van der Waals surface area contributed by atoms with Crippen molar-refractivity contribution in [1.29, 1.82) is 0 Å². The Morgan fingerprint density at radius 1 is 1.35 bits per heavy atom. The third kappa shape index (κ3) is 1.52. The number of imidazole rings is 2. The molecule has 3 N–H and O–H groups in total. The molecule has 0 amide bonds. The highest BCUT2D eigenvalue weighted by Crippen LogP contribution is 2.25. The zero-order valence-electron chi connectivity index (χ0n) is 9.51. The topological polar surface area (TPSA) is 72.5 Å². The number of aromatic nitrogens is 4. The number of fused-ring (bicyclic) bond motifs is 1. The van der Waals surface area contributed by atoms with E-state index in [4.69, 9.17) is 5.73 Å². The first-order valence-corrected chi connectivity index (χ1v) is 5.43. The second-order valence-electron chi connectivity index (χ2n) is 3.99. The number of nitrogens with one attached hydrogen (secondary N) is 1. The Balaban J connectivity index is 2.22. The number of hydrogen-bond acceptors (Lipinski definition) is 3. The minimum absolute atomic E-state index is 0.442. The number of nitrogens with two attached hydrogens (primary N) is 1. The summed E-state index contributed by atoms with van der Waals surface area (Å²) in [5, 5.41) is 0. The Hall–Kier alpha value is -2.14. The molecule has 0 saturated heterocycles. The molecule has 0 aliphatic rings. The Morgan fingerprint density at radius 3 is 3.06 bits per heavy atom. The number of aryl methyl sites for hydroxylation is 1. The Kier molecular flexibility index (Phi) is 2.19. The average molecular weight is 227 g/mol. The average Bonchev–Trinajstić information content (AvgIpc) is 2.93. The first-order valence-electron chi connectivity index (χ1n) is 5.43. The normalized spacial score (nSPS) is 11.2. The molecule has 0 bridgehead atoms. The van der Waals surface area contributed by atoms with Gasteiger partial charge in [0.15, 0.2) is 0 Å². The molecule has 5 heteroatoms. The van der Waals surface area contributed by atoms with Crippen LogP contribution >= 0.6 is 0 Å². The highest BCUT2D eigenvalue weighted by atomic mass is 15.0. The summed E-state index contributed by atoms with van der Waals surface area (Å²) in [4.78, 5) is 11.6. The number of nitrogens with zero attached hydrogens (tertiary/aromatic N) is 3. The molecule has 3 aromatic rings. The predicted molar refractivity (Wildman–Crippen MR) is 66.2 cm³/mol. The second-order valence-corrected chi connectivity index (χ2v) is 3.99. The van der Waals surface area contributed by atoms with Crippen LogP contribution in [0.4, 0.5) is 0 Å². The summed E-state index contributed by atoms with van der Waals surface area (Å²) in [6.45, 7) is 0.442. The van der Waals surface area contributed by atoms with Gasteiger partial charge in [0.25, 0.3) is 0 Å². The summed E-state index contributed by atoms with van der Waals surface area (Å²) in [5.41, 5.74) is 10.7. The highest BCUT2D eigenvalue weighted by molar-refractivity contribution is 5.81. The standard InChI is InChI=1S/C12H13N5/c1-17-7-16-11(5-13)12(17)8-2-3-9-10(4-8)15-6-14-9/h2-4,6-7H,5,13H2,1H3,(H,14,15). The molecule has 0 aliphatic heterocycles. The first kappa shape index (κ1) is 10.0. The van der Waals surface area contributed by atoms with Gasteiger partial charge in [-0.1, -0.05) is 6.07 Å². The van der Waals surface area contributed by atoms with Crippen LogP contribution in [-0.2, 0) is 13.6 Å². The maximum absolute atomic E-state index is 5.70. The van der Waals surface area contributed by atoms with Crippen molar-refractivity contribution in [2.75, 3.05) is 0 Å². The van der Waals surface area contributed by atoms with Crippen LogP contribution in [0.5, 0.6) is 0 Å². The van der Waals surface area contributed by atoms with Crippen LogP contribution in [0.2, 0.25) is 0 Å². The monoisotopic (exact) mass is 227 g/mol. The lowest BCUT2D eigenvalue weighted by molar-refractivity contribution is 0.920. The van der Waals surface area contributed by atoms with Crippen LogP contribution in [-0.4, -0.2) is 19.5 Å². The van der Waals surface area contributed by atoms with Gasteiger partial charge in [0, 0.05) is 19.2 Å². The largest absolute Gasteiger partial charge is 0.345 e. The number of rotatable bonds is 2. The molecule has 0 atom stereocenters. The van der Waals surface area contributed by atoms with Crippen molar-refractivity contribution < 1.29 is 0 Å². The number of H-pyrrole nitrogens is 1. The Bertz CT molecular complexity index is 664. The molecule has 2 heterocycles. The fraction of sp³-hybridized carbons (Fsp3) is 0.167. The van der Waals surface area contributed by atoms with E-state index in [0.29, 0.717) is 6.54 Å². The molecule has 0 spiro atoms. The molecule has 5 nitrogen and oxygen atoms in total. The molecule has 3 rings (SSSR count). The number of aromatic amines is 1. The van der Waals surface area contributed by atoms with Gasteiger partial charge in [0.2, 0.25) is 0 Å². The molecule has 0 fully saturated rings. The van der Waals surface area contributed by atoms with Crippen molar-refractivity contribution in [3.63, 3.8) is 0 Å². The van der Waals surface area contributed by atoms with Crippen molar-refractivity contribution in [3.8, 4) is 11.3 Å². The minimum Gasteiger partial charge on any atom is -0.345 e. The van der Waals surface area contributed by atoms with Gasteiger partial charge in [-0.15, -0.1) is 0 Å². The summed E-state index contributed by atoms with van der Waals surface area (Å²) >= 11 is 0.